The number of carbonyl (C=O) groups is 1. The van der Waals surface area contributed by atoms with Crippen molar-refractivity contribution in [1.29, 1.82) is 0 Å². The van der Waals surface area contributed by atoms with E-state index in [9.17, 15) is 9.90 Å². The molecule has 2 aromatic heterocycles. The van der Waals surface area contributed by atoms with Gasteiger partial charge in [-0.15, -0.1) is 0 Å². The van der Waals surface area contributed by atoms with E-state index in [0.29, 0.717) is 29.9 Å². The van der Waals surface area contributed by atoms with Gasteiger partial charge in [-0.25, -0.2) is 4.98 Å². The Hall–Kier alpha value is -1.86. The number of amides is 1. The van der Waals surface area contributed by atoms with Crippen LogP contribution in [0.15, 0.2) is 18.5 Å². The highest BCUT2D eigenvalue weighted by molar-refractivity contribution is 6.76. The molecule has 2 N–H and O–H groups in total. The standard InChI is InChI=1S/C17H27N3O3Si/c1-12(2)19-17(22)15-10-20(11-23-6-7-24(3,4)5)16-14(15)8-13(21)9-18-16/h8-10,12,21H,6-7,11H2,1-5H3,(H,19,22). The van der Waals surface area contributed by atoms with Crippen LogP contribution in [0.5, 0.6) is 5.75 Å². The lowest BCUT2D eigenvalue weighted by Crippen LogP contribution is -2.29. The number of hydrogen-bond acceptors (Lipinski definition) is 4. The minimum atomic E-state index is -1.13. The van der Waals surface area contributed by atoms with Crippen molar-refractivity contribution in [3.05, 3.63) is 24.0 Å². The summed E-state index contributed by atoms with van der Waals surface area (Å²) in [5.74, 6) is -0.137. The molecular weight excluding hydrogens is 322 g/mol. The average Bonchev–Trinajstić information content (AvgIpc) is 2.80. The van der Waals surface area contributed by atoms with Crippen LogP contribution in [-0.2, 0) is 11.5 Å². The van der Waals surface area contributed by atoms with Crippen LogP contribution in [0.3, 0.4) is 0 Å². The molecule has 2 rings (SSSR count). The molecule has 2 heterocycles. The Balaban J connectivity index is 2.22. The fraction of sp³-hybridized carbons (Fsp3) is 0.529. The number of hydrogen-bond donors (Lipinski definition) is 2. The molecule has 1 amide bonds. The van der Waals surface area contributed by atoms with Crippen molar-refractivity contribution in [3.63, 3.8) is 0 Å². The van der Waals surface area contributed by atoms with E-state index in [-0.39, 0.29) is 17.7 Å². The molecule has 6 nitrogen and oxygen atoms in total. The van der Waals surface area contributed by atoms with Gasteiger partial charge in [-0.3, -0.25) is 4.79 Å². The quantitative estimate of drug-likeness (QED) is 0.594. The SMILES string of the molecule is CC(C)NC(=O)c1cn(COCC[Si](C)(C)C)c2ncc(O)cc12. The molecule has 0 saturated carbocycles. The molecule has 0 saturated heterocycles. The second kappa shape index (κ2) is 7.35. The van der Waals surface area contributed by atoms with E-state index in [1.54, 1.807) is 12.3 Å². The van der Waals surface area contributed by atoms with Gasteiger partial charge in [0.15, 0.2) is 0 Å². The summed E-state index contributed by atoms with van der Waals surface area (Å²) >= 11 is 0. The largest absolute Gasteiger partial charge is 0.506 e. The predicted octanol–water partition coefficient (Wildman–Crippen LogP) is 3.19. The van der Waals surface area contributed by atoms with Crippen LogP contribution in [0.4, 0.5) is 0 Å². The van der Waals surface area contributed by atoms with Gasteiger partial charge < -0.3 is 19.7 Å². The number of nitrogens with zero attached hydrogens (tertiary/aromatic N) is 2. The van der Waals surface area contributed by atoms with Crippen LogP contribution in [0, 0.1) is 0 Å². The van der Waals surface area contributed by atoms with Gasteiger partial charge in [0.25, 0.3) is 5.91 Å². The van der Waals surface area contributed by atoms with Crippen LogP contribution in [-0.4, -0.2) is 41.3 Å². The zero-order valence-electron chi connectivity index (χ0n) is 15.1. The minimum absolute atomic E-state index is 0.0363. The maximum Gasteiger partial charge on any atom is 0.253 e. The van der Waals surface area contributed by atoms with E-state index in [4.69, 9.17) is 4.74 Å². The van der Waals surface area contributed by atoms with E-state index in [1.165, 1.54) is 6.20 Å². The van der Waals surface area contributed by atoms with Crippen molar-refractivity contribution in [2.24, 2.45) is 0 Å². The summed E-state index contributed by atoms with van der Waals surface area (Å²) in [6.07, 6.45) is 3.12. The summed E-state index contributed by atoms with van der Waals surface area (Å²) in [6.45, 7) is 11.8. The third kappa shape index (κ3) is 4.81. The van der Waals surface area contributed by atoms with Gasteiger partial charge in [-0.05, 0) is 26.0 Å². The second-order valence-electron chi connectivity index (χ2n) is 7.55. The number of carbonyl (C=O) groups excluding carboxylic acids is 1. The van der Waals surface area contributed by atoms with E-state index >= 15 is 0 Å². The van der Waals surface area contributed by atoms with Crippen molar-refractivity contribution >= 4 is 25.0 Å². The molecule has 0 bridgehead atoms. The van der Waals surface area contributed by atoms with Crippen LogP contribution in [0.2, 0.25) is 25.7 Å². The van der Waals surface area contributed by atoms with Gasteiger partial charge in [0.2, 0.25) is 0 Å². The molecule has 0 atom stereocenters. The molecule has 2 aromatic rings. The third-order valence-electron chi connectivity index (χ3n) is 3.59. The Labute approximate surface area is 143 Å². The average molecular weight is 350 g/mol. The molecule has 7 heteroatoms. The first kappa shape index (κ1) is 18.5. The molecule has 0 aliphatic rings. The Morgan fingerprint density at radius 3 is 2.75 bits per heavy atom. The second-order valence-corrected chi connectivity index (χ2v) is 13.2. The molecular formula is C17H27N3O3Si. The third-order valence-corrected chi connectivity index (χ3v) is 5.29. The van der Waals surface area contributed by atoms with Crippen molar-refractivity contribution in [2.45, 2.75) is 52.3 Å². The molecule has 0 radical (unpaired) electrons. The first-order valence-electron chi connectivity index (χ1n) is 8.24. The Bertz CT molecular complexity index is 720. The number of rotatable bonds is 7. The number of fused-ring (bicyclic) bond motifs is 1. The van der Waals surface area contributed by atoms with Crippen LogP contribution >= 0.6 is 0 Å². The molecule has 132 valence electrons. The fourth-order valence-corrected chi connectivity index (χ4v) is 3.08. The van der Waals surface area contributed by atoms with Gasteiger partial charge in [0.1, 0.15) is 18.1 Å². The lowest BCUT2D eigenvalue weighted by molar-refractivity contribution is 0.0890. The van der Waals surface area contributed by atoms with Crippen LogP contribution in [0.1, 0.15) is 24.2 Å². The molecule has 24 heavy (non-hydrogen) atoms. The van der Waals surface area contributed by atoms with E-state index < -0.39 is 8.07 Å². The highest BCUT2D eigenvalue weighted by atomic mass is 28.3. The van der Waals surface area contributed by atoms with E-state index in [1.807, 2.05) is 18.4 Å². The van der Waals surface area contributed by atoms with Crippen molar-refractivity contribution in [3.8, 4) is 5.75 Å². The van der Waals surface area contributed by atoms with Gasteiger partial charge >= 0.3 is 0 Å². The van der Waals surface area contributed by atoms with E-state index in [2.05, 4.69) is 29.9 Å². The topological polar surface area (TPSA) is 76.4 Å². The van der Waals surface area contributed by atoms with Gasteiger partial charge in [-0.1, -0.05) is 19.6 Å². The highest BCUT2D eigenvalue weighted by Crippen LogP contribution is 2.23. The highest BCUT2D eigenvalue weighted by Gasteiger charge is 2.18. The van der Waals surface area contributed by atoms with Gasteiger partial charge in [0, 0.05) is 32.3 Å². The number of pyridine rings is 1. The molecule has 0 spiro atoms. The molecule has 0 aliphatic heterocycles. The summed E-state index contributed by atoms with van der Waals surface area (Å²) < 4.78 is 7.59. The zero-order chi connectivity index (χ0) is 17.9. The summed E-state index contributed by atoms with van der Waals surface area (Å²) in [5, 5.41) is 13.2. The van der Waals surface area contributed by atoms with E-state index in [0.717, 1.165) is 6.04 Å². The maximum absolute atomic E-state index is 12.4. The summed E-state index contributed by atoms with van der Waals surface area (Å²) in [6, 6.07) is 2.69. The van der Waals surface area contributed by atoms with Crippen molar-refractivity contribution in [2.75, 3.05) is 6.61 Å². The Morgan fingerprint density at radius 1 is 1.42 bits per heavy atom. The number of nitrogens with one attached hydrogen (secondary N) is 1. The predicted molar refractivity (Wildman–Crippen MR) is 98.1 cm³/mol. The normalized spacial score (nSPS) is 12.1. The number of aromatic hydroxyl groups is 1. The van der Waals surface area contributed by atoms with Gasteiger partial charge in [-0.2, -0.15) is 0 Å². The minimum Gasteiger partial charge on any atom is -0.506 e. The molecule has 0 aromatic carbocycles. The first-order valence-corrected chi connectivity index (χ1v) is 11.9. The van der Waals surface area contributed by atoms with Crippen LogP contribution in [0.25, 0.3) is 11.0 Å². The zero-order valence-corrected chi connectivity index (χ0v) is 16.1. The van der Waals surface area contributed by atoms with Gasteiger partial charge in [0.05, 0.1) is 11.8 Å². The first-order chi connectivity index (χ1) is 11.2. The molecule has 0 aliphatic carbocycles. The summed E-state index contributed by atoms with van der Waals surface area (Å²) in [4.78, 5) is 16.6. The van der Waals surface area contributed by atoms with Crippen molar-refractivity contribution < 1.29 is 14.6 Å². The van der Waals surface area contributed by atoms with Crippen molar-refractivity contribution in [1.82, 2.24) is 14.9 Å². The number of aromatic nitrogens is 2. The summed E-state index contributed by atoms with van der Waals surface area (Å²) in [5.41, 5.74) is 1.13. The maximum atomic E-state index is 12.4. The fourth-order valence-electron chi connectivity index (χ4n) is 2.32. The summed E-state index contributed by atoms with van der Waals surface area (Å²) in [7, 11) is -1.13. The molecule has 0 unspecified atom stereocenters. The Morgan fingerprint density at radius 2 is 2.12 bits per heavy atom. The smallest absolute Gasteiger partial charge is 0.253 e. The monoisotopic (exact) mass is 349 g/mol. The number of ether oxygens (including phenoxy) is 1. The van der Waals surface area contributed by atoms with Crippen LogP contribution < -0.4 is 5.32 Å². The molecule has 0 fully saturated rings. The lowest BCUT2D eigenvalue weighted by atomic mass is 10.2. The lowest BCUT2D eigenvalue weighted by Gasteiger charge is -2.15. The Kier molecular flexibility index (Phi) is 5.66.